The number of hydrogen-bond acceptors (Lipinski definition) is 4. The van der Waals surface area contributed by atoms with Crippen LogP contribution in [0.15, 0.2) is 94.9 Å². The van der Waals surface area contributed by atoms with Crippen LogP contribution in [0.25, 0.3) is 0 Å². The van der Waals surface area contributed by atoms with Crippen molar-refractivity contribution in [1.29, 1.82) is 0 Å². The Bertz CT molecular complexity index is 1100. The van der Waals surface area contributed by atoms with Crippen LogP contribution in [0.2, 0.25) is 0 Å². The lowest BCUT2D eigenvalue weighted by atomic mass is 10.1. The van der Waals surface area contributed by atoms with E-state index in [1.165, 1.54) is 4.41 Å². The molecule has 1 unspecified atom stereocenters. The van der Waals surface area contributed by atoms with E-state index in [-0.39, 0.29) is 18.1 Å². The molecule has 148 valence electrons. The molecule has 0 spiro atoms. The van der Waals surface area contributed by atoms with Crippen LogP contribution in [0.5, 0.6) is 0 Å². The van der Waals surface area contributed by atoms with E-state index in [0.717, 1.165) is 16.7 Å². The van der Waals surface area contributed by atoms with Gasteiger partial charge in [0.25, 0.3) is 10.0 Å². The molecule has 0 aromatic heterocycles. The van der Waals surface area contributed by atoms with Crippen molar-refractivity contribution < 1.29 is 13.2 Å². The van der Waals surface area contributed by atoms with E-state index < -0.39 is 16.1 Å². The standard InChI is InChI=1S/C23H22N2O3S/c1-18-12-14-21(15-13-18)29(26,27)25-23(20-10-6-3-7-11-20)17-28-16-22(24-25)19-8-4-2-5-9-19/h2-15,23H,16-17H2,1H3. The average Bonchev–Trinajstić information content (AvgIpc) is 2.99. The monoisotopic (exact) mass is 406 g/mol. The zero-order valence-electron chi connectivity index (χ0n) is 16.1. The first-order chi connectivity index (χ1) is 14.1. The Morgan fingerprint density at radius 2 is 1.52 bits per heavy atom. The molecule has 3 aromatic carbocycles. The van der Waals surface area contributed by atoms with E-state index in [0.29, 0.717) is 5.71 Å². The van der Waals surface area contributed by atoms with Gasteiger partial charge in [0.1, 0.15) is 6.04 Å². The van der Waals surface area contributed by atoms with Gasteiger partial charge in [-0.25, -0.2) is 0 Å². The number of sulfonamides is 1. The highest BCUT2D eigenvalue weighted by molar-refractivity contribution is 7.89. The summed E-state index contributed by atoms with van der Waals surface area (Å²) in [4.78, 5) is 0.210. The van der Waals surface area contributed by atoms with Crippen molar-refractivity contribution in [3.05, 3.63) is 102 Å². The molecule has 0 fully saturated rings. The minimum absolute atomic E-state index is 0.210. The van der Waals surface area contributed by atoms with E-state index in [1.807, 2.05) is 67.6 Å². The summed E-state index contributed by atoms with van der Waals surface area (Å²) in [7, 11) is -3.87. The molecule has 4 rings (SSSR count). The van der Waals surface area contributed by atoms with Gasteiger partial charge in [0.2, 0.25) is 0 Å². The lowest BCUT2D eigenvalue weighted by molar-refractivity contribution is 0.128. The Labute approximate surface area is 171 Å². The van der Waals surface area contributed by atoms with E-state index in [2.05, 4.69) is 5.10 Å². The number of nitrogens with zero attached hydrogens (tertiary/aromatic N) is 2. The lowest BCUT2D eigenvalue weighted by Gasteiger charge is -2.27. The molecule has 29 heavy (non-hydrogen) atoms. The summed E-state index contributed by atoms with van der Waals surface area (Å²) in [6.07, 6.45) is 0. The Morgan fingerprint density at radius 1 is 0.897 bits per heavy atom. The molecule has 6 heteroatoms. The molecule has 5 nitrogen and oxygen atoms in total. The molecule has 1 aliphatic heterocycles. The maximum absolute atomic E-state index is 13.6. The Hall–Kier alpha value is -2.96. The third-order valence-electron chi connectivity index (χ3n) is 4.86. The lowest BCUT2D eigenvalue weighted by Crippen LogP contribution is -2.32. The van der Waals surface area contributed by atoms with Crippen molar-refractivity contribution in [3.8, 4) is 0 Å². The molecule has 0 N–H and O–H groups in total. The number of hydrazone groups is 1. The normalized spacial score (nSPS) is 17.5. The summed E-state index contributed by atoms with van der Waals surface area (Å²) in [5, 5.41) is 4.61. The highest BCUT2D eigenvalue weighted by atomic mass is 32.2. The van der Waals surface area contributed by atoms with Gasteiger partial charge >= 0.3 is 0 Å². The van der Waals surface area contributed by atoms with Crippen LogP contribution in [-0.4, -0.2) is 31.8 Å². The zero-order chi connectivity index (χ0) is 20.3. The molecule has 3 aromatic rings. The number of ether oxygens (including phenoxy) is 1. The van der Waals surface area contributed by atoms with Crippen LogP contribution in [0.1, 0.15) is 22.7 Å². The Balaban J connectivity index is 1.85. The molecule has 1 aliphatic rings. The third kappa shape index (κ3) is 4.09. The van der Waals surface area contributed by atoms with Crippen LogP contribution in [0.3, 0.4) is 0 Å². The molecule has 0 amide bonds. The van der Waals surface area contributed by atoms with E-state index >= 15 is 0 Å². The first kappa shape index (κ1) is 19.4. The maximum atomic E-state index is 13.6. The first-order valence-corrected chi connectivity index (χ1v) is 10.9. The van der Waals surface area contributed by atoms with Gasteiger partial charge in [-0.2, -0.15) is 17.9 Å². The van der Waals surface area contributed by atoms with Gasteiger partial charge in [0.05, 0.1) is 23.8 Å². The third-order valence-corrected chi connectivity index (χ3v) is 6.55. The van der Waals surface area contributed by atoms with Crippen molar-refractivity contribution in [2.45, 2.75) is 17.9 Å². The topological polar surface area (TPSA) is 59.0 Å². The highest BCUT2D eigenvalue weighted by Gasteiger charge is 2.34. The van der Waals surface area contributed by atoms with Gasteiger partial charge < -0.3 is 4.74 Å². The fourth-order valence-corrected chi connectivity index (χ4v) is 4.68. The second kappa shape index (κ2) is 8.19. The maximum Gasteiger partial charge on any atom is 0.279 e. The molecule has 0 aliphatic carbocycles. The minimum Gasteiger partial charge on any atom is -0.372 e. The molecular formula is C23H22N2O3S. The van der Waals surface area contributed by atoms with Crippen molar-refractivity contribution in [1.82, 2.24) is 4.41 Å². The van der Waals surface area contributed by atoms with Gasteiger partial charge in [0.15, 0.2) is 0 Å². The Morgan fingerprint density at radius 3 is 2.17 bits per heavy atom. The first-order valence-electron chi connectivity index (χ1n) is 9.42. The summed E-state index contributed by atoms with van der Waals surface area (Å²) in [6.45, 7) is 2.39. The fourth-order valence-electron chi connectivity index (χ4n) is 3.26. The van der Waals surface area contributed by atoms with Crippen LogP contribution in [-0.2, 0) is 14.8 Å². The molecule has 1 heterocycles. The molecule has 0 saturated heterocycles. The van der Waals surface area contributed by atoms with Gasteiger partial charge in [0, 0.05) is 5.56 Å². The summed E-state index contributed by atoms with van der Waals surface area (Å²) in [6, 6.07) is 25.3. The number of aryl methyl sites for hydroxylation is 1. The predicted molar refractivity (Wildman–Crippen MR) is 113 cm³/mol. The van der Waals surface area contributed by atoms with Gasteiger partial charge in [-0.15, -0.1) is 0 Å². The number of benzene rings is 3. The summed E-state index contributed by atoms with van der Waals surface area (Å²) >= 11 is 0. The second-order valence-electron chi connectivity index (χ2n) is 6.94. The van der Waals surface area contributed by atoms with E-state index in [1.54, 1.807) is 24.3 Å². The molecule has 1 atom stereocenters. The predicted octanol–water partition coefficient (Wildman–Crippen LogP) is 4.16. The molecular weight excluding hydrogens is 384 g/mol. The zero-order valence-corrected chi connectivity index (χ0v) is 16.9. The Kier molecular flexibility index (Phi) is 5.47. The largest absolute Gasteiger partial charge is 0.372 e. The quantitative estimate of drug-likeness (QED) is 0.654. The average molecular weight is 407 g/mol. The molecule has 0 bridgehead atoms. The molecule has 0 radical (unpaired) electrons. The van der Waals surface area contributed by atoms with Crippen LogP contribution in [0.4, 0.5) is 0 Å². The van der Waals surface area contributed by atoms with Crippen molar-refractivity contribution in [3.63, 3.8) is 0 Å². The van der Waals surface area contributed by atoms with Crippen molar-refractivity contribution in [2.75, 3.05) is 13.2 Å². The van der Waals surface area contributed by atoms with Crippen LogP contribution in [0, 0.1) is 6.92 Å². The summed E-state index contributed by atoms with van der Waals surface area (Å²) in [5.41, 5.74) is 3.25. The van der Waals surface area contributed by atoms with E-state index in [4.69, 9.17) is 4.74 Å². The van der Waals surface area contributed by atoms with Crippen LogP contribution < -0.4 is 0 Å². The fraction of sp³-hybridized carbons (Fsp3) is 0.174. The van der Waals surface area contributed by atoms with Gasteiger partial charge in [-0.05, 0) is 24.6 Å². The van der Waals surface area contributed by atoms with Gasteiger partial charge in [-0.1, -0.05) is 78.4 Å². The van der Waals surface area contributed by atoms with Crippen LogP contribution >= 0.6 is 0 Å². The smallest absolute Gasteiger partial charge is 0.279 e. The number of rotatable bonds is 4. The number of hydrogen-bond donors (Lipinski definition) is 0. The van der Waals surface area contributed by atoms with Crippen molar-refractivity contribution in [2.24, 2.45) is 5.10 Å². The SMILES string of the molecule is Cc1ccc(S(=O)(=O)N2N=C(c3ccccc3)COCC2c2ccccc2)cc1. The summed E-state index contributed by atoms with van der Waals surface area (Å²) in [5.74, 6) is 0. The van der Waals surface area contributed by atoms with Crippen molar-refractivity contribution >= 4 is 15.7 Å². The molecule has 0 saturated carbocycles. The minimum atomic E-state index is -3.87. The van der Waals surface area contributed by atoms with Gasteiger partial charge in [-0.3, -0.25) is 0 Å². The van der Waals surface area contributed by atoms with E-state index in [9.17, 15) is 8.42 Å². The second-order valence-corrected chi connectivity index (χ2v) is 8.74. The highest BCUT2D eigenvalue weighted by Crippen LogP contribution is 2.31. The summed E-state index contributed by atoms with van der Waals surface area (Å²) < 4.78 is 34.2.